The molecule has 1 aromatic rings. The zero-order valence-electron chi connectivity index (χ0n) is 9.44. The number of rotatable bonds is 4. The van der Waals surface area contributed by atoms with Gasteiger partial charge >= 0.3 is 0 Å². The molecular formula is C11H18N2O2. The van der Waals surface area contributed by atoms with Gasteiger partial charge in [0, 0.05) is 7.05 Å². The van der Waals surface area contributed by atoms with Crippen LogP contribution in [0.3, 0.4) is 0 Å². The van der Waals surface area contributed by atoms with E-state index in [0.29, 0.717) is 5.69 Å². The summed E-state index contributed by atoms with van der Waals surface area (Å²) in [4.78, 5) is 6.17. The van der Waals surface area contributed by atoms with Gasteiger partial charge in [0.25, 0.3) is 0 Å². The van der Waals surface area contributed by atoms with E-state index in [1.807, 2.05) is 37.9 Å². The van der Waals surface area contributed by atoms with Gasteiger partial charge in [0.1, 0.15) is 5.82 Å². The largest absolute Gasteiger partial charge is 0.394 e. The monoisotopic (exact) mass is 210 g/mol. The summed E-state index contributed by atoms with van der Waals surface area (Å²) in [6.45, 7) is 3.84. The number of aliphatic hydroxyl groups is 2. The Labute approximate surface area is 90.2 Å². The summed E-state index contributed by atoms with van der Waals surface area (Å²) in [6.07, 6.45) is 0. The van der Waals surface area contributed by atoms with E-state index < -0.39 is 0 Å². The van der Waals surface area contributed by atoms with Crippen molar-refractivity contribution < 1.29 is 10.2 Å². The highest BCUT2D eigenvalue weighted by Crippen LogP contribution is 2.19. The van der Waals surface area contributed by atoms with Gasteiger partial charge in [-0.15, -0.1) is 0 Å². The molecule has 0 atom stereocenters. The molecule has 0 unspecified atom stereocenters. The fourth-order valence-electron chi connectivity index (χ4n) is 1.16. The standard InChI is InChI=1S/C11H18N2O2/c1-11(2,8-15)13(3)10-6-4-5-9(7-14)12-10/h4-6,14-15H,7-8H2,1-3H3. The molecule has 0 spiro atoms. The summed E-state index contributed by atoms with van der Waals surface area (Å²) >= 11 is 0. The van der Waals surface area contributed by atoms with E-state index in [2.05, 4.69) is 4.98 Å². The number of hydrogen-bond donors (Lipinski definition) is 2. The Hall–Kier alpha value is -1.13. The highest BCUT2D eigenvalue weighted by atomic mass is 16.3. The van der Waals surface area contributed by atoms with Crippen LogP contribution in [0.5, 0.6) is 0 Å². The molecule has 0 aromatic carbocycles. The van der Waals surface area contributed by atoms with E-state index in [1.165, 1.54) is 0 Å². The number of pyridine rings is 1. The van der Waals surface area contributed by atoms with Crippen molar-refractivity contribution in [2.75, 3.05) is 18.6 Å². The predicted molar refractivity (Wildman–Crippen MR) is 59.7 cm³/mol. The van der Waals surface area contributed by atoms with Crippen molar-refractivity contribution in [2.45, 2.75) is 26.0 Å². The molecule has 0 aliphatic carbocycles. The molecule has 0 aliphatic heterocycles. The van der Waals surface area contributed by atoms with Gasteiger partial charge in [-0.1, -0.05) is 6.07 Å². The molecule has 0 bridgehead atoms. The molecule has 0 aliphatic rings. The van der Waals surface area contributed by atoms with Gasteiger partial charge in [-0.05, 0) is 26.0 Å². The Bertz CT molecular complexity index is 326. The Morgan fingerprint density at radius 3 is 2.53 bits per heavy atom. The van der Waals surface area contributed by atoms with Crippen LogP contribution < -0.4 is 4.90 Å². The van der Waals surface area contributed by atoms with Crippen molar-refractivity contribution >= 4 is 5.82 Å². The van der Waals surface area contributed by atoms with E-state index in [1.54, 1.807) is 6.07 Å². The summed E-state index contributed by atoms with van der Waals surface area (Å²) in [7, 11) is 1.87. The summed E-state index contributed by atoms with van der Waals surface area (Å²) in [5, 5.41) is 18.2. The Kier molecular flexibility index (Phi) is 3.66. The second kappa shape index (κ2) is 4.59. The van der Waals surface area contributed by atoms with Gasteiger partial charge in [-0.3, -0.25) is 0 Å². The summed E-state index contributed by atoms with van der Waals surface area (Å²) in [6, 6.07) is 5.47. The van der Waals surface area contributed by atoms with Gasteiger partial charge in [0.15, 0.2) is 0 Å². The van der Waals surface area contributed by atoms with E-state index >= 15 is 0 Å². The van der Waals surface area contributed by atoms with Gasteiger partial charge in [0.05, 0.1) is 24.4 Å². The molecule has 4 heteroatoms. The van der Waals surface area contributed by atoms with Crippen LogP contribution in [0.2, 0.25) is 0 Å². The Morgan fingerprint density at radius 1 is 1.33 bits per heavy atom. The molecule has 15 heavy (non-hydrogen) atoms. The lowest BCUT2D eigenvalue weighted by atomic mass is 10.1. The van der Waals surface area contributed by atoms with E-state index in [0.717, 1.165) is 5.82 Å². The molecule has 1 heterocycles. The van der Waals surface area contributed by atoms with Crippen LogP contribution in [-0.4, -0.2) is 34.4 Å². The quantitative estimate of drug-likeness (QED) is 0.771. The number of anilines is 1. The Morgan fingerprint density at radius 2 is 2.00 bits per heavy atom. The third-order valence-electron chi connectivity index (χ3n) is 2.59. The second-order valence-electron chi connectivity index (χ2n) is 4.17. The summed E-state index contributed by atoms with van der Waals surface area (Å²) in [5.41, 5.74) is 0.272. The van der Waals surface area contributed by atoms with Gasteiger partial charge in [-0.25, -0.2) is 4.98 Å². The van der Waals surface area contributed by atoms with E-state index in [-0.39, 0.29) is 18.8 Å². The fraction of sp³-hybridized carbons (Fsp3) is 0.545. The smallest absolute Gasteiger partial charge is 0.129 e. The zero-order valence-corrected chi connectivity index (χ0v) is 9.44. The minimum atomic E-state index is -0.360. The van der Waals surface area contributed by atoms with Gasteiger partial charge in [-0.2, -0.15) is 0 Å². The number of nitrogens with zero attached hydrogens (tertiary/aromatic N) is 2. The zero-order chi connectivity index (χ0) is 11.5. The second-order valence-corrected chi connectivity index (χ2v) is 4.17. The molecule has 0 fully saturated rings. The highest BCUT2D eigenvalue weighted by molar-refractivity contribution is 5.41. The van der Waals surface area contributed by atoms with Crippen molar-refractivity contribution in [1.29, 1.82) is 0 Å². The van der Waals surface area contributed by atoms with Crippen LogP contribution >= 0.6 is 0 Å². The average molecular weight is 210 g/mol. The lowest BCUT2D eigenvalue weighted by Gasteiger charge is -2.35. The maximum absolute atomic E-state index is 9.23. The summed E-state index contributed by atoms with van der Waals surface area (Å²) < 4.78 is 0. The third kappa shape index (κ3) is 2.67. The first-order valence-electron chi connectivity index (χ1n) is 4.93. The van der Waals surface area contributed by atoms with Gasteiger partial charge < -0.3 is 15.1 Å². The normalized spacial score (nSPS) is 11.5. The number of likely N-dealkylation sites (N-methyl/N-ethyl adjacent to an activating group) is 1. The maximum Gasteiger partial charge on any atom is 0.129 e. The van der Waals surface area contributed by atoms with Crippen molar-refractivity contribution in [1.82, 2.24) is 4.98 Å². The minimum absolute atomic E-state index is 0.0501. The van der Waals surface area contributed by atoms with Gasteiger partial charge in [0.2, 0.25) is 0 Å². The van der Waals surface area contributed by atoms with Crippen LogP contribution in [-0.2, 0) is 6.61 Å². The molecule has 1 aromatic heterocycles. The minimum Gasteiger partial charge on any atom is -0.394 e. The molecular weight excluding hydrogens is 192 g/mol. The van der Waals surface area contributed by atoms with Crippen molar-refractivity contribution in [3.63, 3.8) is 0 Å². The van der Waals surface area contributed by atoms with Crippen LogP contribution in [0.4, 0.5) is 5.82 Å². The highest BCUT2D eigenvalue weighted by Gasteiger charge is 2.23. The molecule has 0 saturated heterocycles. The van der Waals surface area contributed by atoms with Crippen LogP contribution in [0.1, 0.15) is 19.5 Å². The SMILES string of the molecule is CN(c1cccc(CO)n1)C(C)(C)CO. The lowest BCUT2D eigenvalue weighted by Crippen LogP contribution is -2.44. The number of hydrogen-bond acceptors (Lipinski definition) is 4. The molecule has 1 rings (SSSR count). The maximum atomic E-state index is 9.23. The topological polar surface area (TPSA) is 56.6 Å². The van der Waals surface area contributed by atoms with Crippen LogP contribution in [0.25, 0.3) is 0 Å². The van der Waals surface area contributed by atoms with Crippen molar-refractivity contribution in [2.24, 2.45) is 0 Å². The molecule has 4 nitrogen and oxygen atoms in total. The number of aliphatic hydroxyl groups excluding tert-OH is 2. The molecule has 84 valence electrons. The first-order chi connectivity index (χ1) is 7.01. The van der Waals surface area contributed by atoms with Crippen LogP contribution in [0, 0.1) is 0 Å². The third-order valence-corrected chi connectivity index (χ3v) is 2.59. The predicted octanol–water partition coefficient (Wildman–Crippen LogP) is 0.781. The average Bonchev–Trinajstić information content (AvgIpc) is 2.28. The Balaban J connectivity index is 2.95. The first kappa shape index (κ1) is 11.9. The number of aromatic nitrogens is 1. The molecule has 0 saturated carbocycles. The molecule has 0 amide bonds. The fourth-order valence-corrected chi connectivity index (χ4v) is 1.16. The summed E-state index contributed by atoms with van der Waals surface area (Å²) in [5.74, 6) is 0.751. The molecule has 0 radical (unpaired) electrons. The van der Waals surface area contributed by atoms with E-state index in [4.69, 9.17) is 5.11 Å². The first-order valence-corrected chi connectivity index (χ1v) is 4.93. The van der Waals surface area contributed by atoms with Crippen LogP contribution in [0.15, 0.2) is 18.2 Å². The molecule has 2 N–H and O–H groups in total. The van der Waals surface area contributed by atoms with Crippen molar-refractivity contribution in [3.8, 4) is 0 Å². The van der Waals surface area contributed by atoms with E-state index in [9.17, 15) is 5.11 Å². The lowest BCUT2D eigenvalue weighted by molar-refractivity contribution is 0.215. The van der Waals surface area contributed by atoms with Crippen molar-refractivity contribution in [3.05, 3.63) is 23.9 Å².